The minimum Gasteiger partial charge on any atom is -0.496 e. The third kappa shape index (κ3) is 1.87. The SMILES string of the molecule is COc1c(C)c(C)c(OC)c(C(C)O)c1C. The Morgan fingerprint density at radius 1 is 0.875 bits per heavy atom. The summed E-state index contributed by atoms with van der Waals surface area (Å²) in [5.74, 6) is 1.58. The number of ether oxygens (including phenoxy) is 2. The molecule has 1 aromatic rings. The highest BCUT2D eigenvalue weighted by molar-refractivity contribution is 5.58. The van der Waals surface area contributed by atoms with Crippen molar-refractivity contribution in [1.29, 1.82) is 0 Å². The van der Waals surface area contributed by atoms with Crippen molar-refractivity contribution in [2.24, 2.45) is 0 Å². The Labute approximate surface area is 97.0 Å². The fourth-order valence-electron chi connectivity index (χ4n) is 2.19. The second kappa shape index (κ2) is 4.74. The van der Waals surface area contributed by atoms with Crippen LogP contribution in [0.25, 0.3) is 0 Å². The zero-order valence-electron chi connectivity index (χ0n) is 10.8. The van der Waals surface area contributed by atoms with E-state index < -0.39 is 6.10 Å². The molecular formula is C13H20O3. The van der Waals surface area contributed by atoms with E-state index in [0.29, 0.717) is 0 Å². The van der Waals surface area contributed by atoms with Crippen LogP contribution in [0, 0.1) is 20.8 Å². The van der Waals surface area contributed by atoms with Crippen molar-refractivity contribution in [3.05, 3.63) is 22.3 Å². The fourth-order valence-corrected chi connectivity index (χ4v) is 2.19. The lowest BCUT2D eigenvalue weighted by atomic mass is 9.94. The van der Waals surface area contributed by atoms with E-state index >= 15 is 0 Å². The van der Waals surface area contributed by atoms with E-state index in [1.807, 2.05) is 20.8 Å². The van der Waals surface area contributed by atoms with Gasteiger partial charge >= 0.3 is 0 Å². The van der Waals surface area contributed by atoms with Gasteiger partial charge in [0.1, 0.15) is 11.5 Å². The first-order valence-electron chi connectivity index (χ1n) is 5.35. The topological polar surface area (TPSA) is 38.7 Å². The molecule has 16 heavy (non-hydrogen) atoms. The van der Waals surface area contributed by atoms with Crippen LogP contribution in [0.3, 0.4) is 0 Å². The molecule has 0 aliphatic heterocycles. The van der Waals surface area contributed by atoms with Crippen LogP contribution in [0.2, 0.25) is 0 Å². The van der Waals surface area contributed by atoms with Gasteiger partial charge in [-0.2, -0.15) is 0 Å². The fraction of sp³-hybridized carbons (Fsp3) is 0.538. The molecule has 0 saturated carbocycles. The molecule has 0 aliphatic carbocycles. The van der Waals surface area contributed by atoms with E-state index in [9.17, 15) is 5.11 Å². The lowest BCUT2D eigenvalue weighted by Gasteiger charge is -2.21. The summed E-state index contributed by atoms with van der Waals surface area (Å²) < 4.78 is 10.8. The maximum atomic E-state index is 9.82. The Morgan fingerprint density at radius 2 is 1.31 bits per heavy atom. The smallest absolute Gasteiger partial charge is 0.128 e. The van der Waals surface area contributed by atoms with Crippen LogP contribution in [0.4, 0.5) is 0 Å². The highest BCUT2D eigenvalue weighted by atomic mass is 16.5. The molecule has 0 radical (unpaired) electrons. The van der Waals surface area contributed by atoms with Gasteiger partial charge in [-0.3, -0.25) is 0 Å². The number of aliphatic hydroxyl groups excluding tert-OH is 1. The first kappa shape index (κ1) is 12.8. The molecule has 0 saturated heterocycles. The number of methoxy groups -OCH3 is 2. The van der Waals surface area contributed by atoms with E-state index in [-0.39, 0.29) is 0 Å². The molecule has 0 amide bonds. The Bertz CT molecular complexity index is 395. The lowest BCUT2D eigenvalue weighted by molar-refractivity contribution is 0.192. The third-order valence-electron chi connectivity index (χ3n) is 3.06. The second-order valence-corrected chi connectivity index (χ2v) is 4.03. The summed E-state index contributed by atoms with van der Waals surface area (Å²) in [6, 6.07) is 0. The minimum absolute atomic E-state index is 0.567. The van der Waals surface area contributed by atoms with Crippen molar-refractivity contribution in [3.8, 4) is 11.5 Å². The summed E-state index contributed by atoms with van der Waals surface area (Å²) in [6.07, 6.45) is -0.567. The number of hydrogen-bond donors (Lipinski definition) is 1. The zero-order valence-corrected chi connectivity index (χ0v) is 10.8. The number of rotatable bonds is 3. The van der Waals surface area contributed by atoms with E-state index in [1.165, 1.54) is 0 Å². The summed E-state index contributed by atoms with van der Waals surface area (Å²) in [4.78, 5) is 0. The van der Waals surface area contributed by atoms with Gasteiger partial charge in [-0.05, 0) is 38.8 Å². The summed E-state index contributed by atoms with van der Waals surface area (Å²) in [5, 5.41) is 9.82. The van der Waals surface area contributed by atoms with Crippen LogP contribution < -0.4 is 9.47 Å². The van der Waals surface area contributed by atoms with Gasteiger partial charge < -0.3 is 14.6 Å². The largest absolute Gasteiger partial charge is 0.496 e. The van der Waals surface area contributed by atoms with Crippen LogP contribution >= 0.6 is 0 Å². The van der Waals surface area contributed by atoms with Crippen LogP contribution in [-0.4, -0.2) is 19.3 Å². The molecule has 0 aromatic heterocycles. The number of benzene rings is 1. The van der Waals surface area contributed by atoms with Gasteiger partial charge in [0.25, 0.3) is 0 Å². The van der Waals surface area contributed by atoms with Crippen molar-refractivity contribution >= 4 is 0 Å². The summed E-state index contributed by atoms with van der Waals surface area (Å²) in [7, 11) is 3.27. The van der Waals surface area contributed by atoms with Gasteiger partial charge in [-0.15, -0.1) is 0 Å². The molecule has 0 bridgehead atoms. The quantitative estimate of drug-likeness (QED) is 0.858. The normalized spacial score (nSPS) is 12.4. The van der Waals surface area contributed by atoms with Gasteiger partial charge in [0.15, 0.2) is 0 Å². The van der Waals surface area contributed by atoms with Gasteiger partial charge in [0.05, 0.1) is 20.3 Å². The predicted octanol–water partition coefficient (Wildman–Crippen LogP) is 2.68. The lowest BCUT2D eigenvalue weighted by Crippen LogP contribution is -2.06. The summed E-state index contributed by atoms with van der Waals surface area (Å²) in [5.41, 5.74) is 3.82. The maximum Gasteiger partial charge on any atom is 0.128 e. The summed E-state index contributed by atoms with van der Waals surface area (Å²) in [6.45, 7) is 7.65. The molecule has 1 aromatic carbocycles. The highest BCUT2D eigenvalue weighted by Gasteiger charge is 2.21. The van der Waals surface area contributed by atoms with Gasteiger partial charge in [-0.25, -0.2) is 0 Å². The van der Waals surface area contributed by atoms with Crippen LogP contribution in [0.5, 0.6) is 11.5 Å². The predicted molar refractivity (Wildman–Crippen MR) is 64.4 cm³/mol. The van der Waals surface area contributed by atoms with Gasteiger partial charge in [0.2, 0.25) is 0 Å². The monoisotopic (exact) mass is 224 g/mol. The van der Waals surface area contributed by atoms with E-state index in [0.717, 1.165) is 33.8 Å². The number of hydrogen-bond acceptors (Lipinski definition) is 3. The van der Waals surface area contributed by atoms with Crippen molar-refractivity contribution in [2.45, 2.75) is 33.8 Å². The van der Waals surface area contributed by atoms with E-state index in [2.05, 4.69) is 0 Å². The van der Waals surface area contributed by atoms with Gasteiger partial charge in [0, 0.05) is 11.1 Å². The average Bonchev–Trinajstić information content (AvgIpc) is 2.23. The molecule has 3 nitrogen and oxygen atoms in total. The van der Waals surface area contributed by atoms with E-state index in [4.69, 9.17) is 9.47 Å². The molecule has 0 fully saturated rings. The minimum atomic E-state index is -0.567. The Balaban J connectivity index is 3.64. The number of aliphatic hydroxyl groups is 1. The first-order chi connectivity index (χ1) is 7.45. The second-order valence-electron chi connectivity index (χ2n) is 4.03. The molecule has 0 spiro atoms. The van der Waals surface area contributed by atoms with Crippen molar-refractivity contribution < 1.29 is 14.6 Å². The molecule has 0 heterocycles. The van der Waals surface area contributed by atoms with Crippen molar-refractivity contribution in [2.75, 3.05) is 14.2 Å². The molecule has 1 rings (SSSR count). The van der Waals surface area contributed by atoms with Gasteiger partial charge in [-0.1, -0.05) is 0 Å². The third-order valence-corrected chi connectivity index (χ3v) is 3.06. The molecule has 0 aliphatic rings. The molecule has 3 heteroatoms. The van der Waals surface area contributed by atoms with Crippen LogP contribution in [0.15, 0.2) is 0 Å². The standard InChI is InChI=1S/C13H20O3/c1-7-8(2)13(16-6)11(10(4)14)9(3)12(7)15-5/h10,14H,1-6H3. The molecular weight excluding hydrogens is 204 g/mol. The average molecular weight is 224 g/mol. The first-order valence-corrected chi connectivity index (χ1v) is 5.35. The Kier molecular flexibility index (Phi) is 3.81. The van der Waals surface area contributed by atoms with E-state index in [1.54, 1.807) is 21.1 Å². The zero-order chi connectivity index (χ0) is 12.5. The molecule has 90 valence electrons. The van der Waals surface area contributed by atoms with Crippen molar-refractivity contribution in [3.63, 3.8) is 0 Å². The Hall–Kier alpha value is -1.22. The molecule has 1 N–H and O–H groups in total. The molecule has 1 unspecified atom stereocenters. The van der Waals surface area contributed by atoms with Crippen LogP contribution in [0.1, 0.15) is 35.3 Å². The Morgan fingerprint density at radius 3 is 1.69 bits per heavy atom. The summed E-state index contributed by atoms with van der Waals surface area (Å²) >= 11 is 0. The highest BCUT2D eigenvalue weighted by Crippen LogP contribution is 2.40. The molecule has 1 atom stereocenters. The van der Waals surface area contributed by atoms with Crippen molar-refractivity contribution in [1.82, 2.24) is 0 Å². The maximum absolute atomic E-state index is 9.82. The van der Waals surface area contributed by atoms with Crippen LogP contribution in [-0.2, 0) is 0 Å².